The molecule has 19 heavy (non-hydrogen) atoms. The molecule has 0 spiro atoms. The largest absolute Gasteiger partial charge is 0.394 e. The van der Waals surface area contributed by atoms with Crippen molar-refractivity contribution in [2.45, 2.75) is 52.0 Å². The van der Waals surface area contributed by atoms with Crippen LogP contribution < -0.4 is 10.6 Å². The fourth-order valence-electron chi connectivity index (χ4n) is 2.34. The van der Waals surface area contributed by atoms with E-state index in [2.05, 4.69) is 27.5 Å². The summed E-state index contributed by atoms with van der Waals surface area (Å²) >= 11 is 0. The zero-order valence-electron chi connectivity index (χ0n) is 12.1. The van der Waals surface area contributed by atoms with Gasteiger partial charge in [-0.15, -0.1) is 0 Å². The molecule has 106 valence electrons. The third-order valence-electron chi connectivity index (χ3n) is 3.80. The third-order valence-corrected chi connectivity index (χ3v) is 3.80. The van der Waals surface area contributed by atoms with E-state index in [1.54, 1.807) is 0 Å². The van der Waals surface area contributed by atoms with Gasteiger partial charge in [0.05, 0.1) is 12.1 Å². The number of nitrogens with one attached hydrogen (secondary N) is 2. The van der Waals surface area contributed by atoms with Crippen LogP contribution in [0, 0.1) is 13.8 Å². The number of aromatic nitrogens is 2. The van der Waals surface area contributed by atoms with Gasteiger partial charge in [-0.2, -0.15) is 0 Å². The smallest absolute Gasteiger partial charge is 0.135 e. The summed E-state index contributed by atoms with van der Waals surface area (Å²) in [7, 11) is 0. The second-order valence-electron chi connectivity index (χ2n) is 5.44. The summed E-state index contributed by atoms with van der Waals surface area (Å²) < 4.78 is 0. The van der Waals surface area contributed by atoms with Crippen LogP contribution in [-0.2, 0) is 0 Å². The van der Waals surface area contributed by atoms with E-state index in [-0.39, 0.29) is 12.1 Å². The molecule has 0 saturated heterocycles. The standard InChI is InChI=1S/C14H24N4O/c1-4-8-15-12-10(2)13(17-11(3)16-12)18-14(9-19)6-5-7-14/h19H,4-9H2,1-3H3,(H2,15,16,17,18). The number of aliphatic hydroxyl groups excluding tert-OH is 1. The SMILES string of the molecule is CCCNc1nc(C)nc(NC2(CO)CCC2)c1C. The van der Waals surface area contributed by atoms with Crippen molar-refractivity contribution in [2.24, 2.45) is 0 Å². The number of hydrogen-bond donors (Lipinski definition) is 3. The fourth-order valence-corrected chi connectivity index (χ4v) is 2.34. The maximum Gasteiger partial charge on any atom is 0.135 e. The average Bonchev–Trinajstić information content (AvgIpc) is 2.35. The van der Waals surface area contributed by atoms with Gasteiger partial charge in [0.2, 0.25) is 0 Å². The van der Waals surface area contributed by atoms with Crippen LogP contribution in [0.3, 0.4) is 0 Å². The van der Waals surface area contributed by atoms with Gasteiger partial charge in [-0.25, -0.2) is 9.97 Å². The predicted molar refractivity (Wildman–Crippen MR) is 77.6 cm³/mol. The number of anilines is 2. The molecule has 2 rings (SSSR count). The van der Waals surface area contributed by atoms with Gasteiger partial charge in [0.15, 0.2) is 0 Å². The molecule has 0 bridgehead atoms. The monoisotopic (exact) mass is 264 g/mol. The Morgan fingerprint density at radius 2 is 1.89 bits per heavy atom. The lowest BCUT2D eigenvalue weighted by Crippen LogP contribution is -2.48. The van der Waals surface area contributed by atoms with Crippen molar-refractivity contribution < 1.29 is 5.11 Å². The summed E-state index contributed by atoms with van der Waals surface area (Å²) in [5.41, 5.74) is 0.854. The van der Waals surface area contributed by atoms with Crippen LogP contribution in [0.5, 0.6) is 0 Å². The molecule has 0 atom stereocenters. The van der Waals surface area contributed by atoms with Gasteiger partial charge >= 0.3 is 0 Å². The molecule has 1 aliphatic rings. The molecule has 3 N–H and O–H groups in total. The first-order chi connectivity index (χ1) is 9.10. The Morgan fingerprint density at radius 3 is 2.42 bits per heavy atom. The molecule has 1 aliphatic carbocycles. The van der Waals surface area contributed by atoms with E-state index in [1.165, 1.54) is 0 Å². The summed E-state index contributed by atoms with van der Waals surface area (Å²) in [6.07, 6.45) is 4.23. The van der Waals surface area contributed by atoms with Gasteiger partial charge in [0.25, 0.3) is 0 Å². The Morgan fingerprint density at radius 1 is 1.21 bits per heavy atom. The highest BCUT2D eigenvalue weighted by molar-refractivity contribution is 5.58. The van der Waals surface area contributed by atoms with E-state index in [0.717, 1.165) is 55.3 Å². The van der Waals surface area contributed by atoms with Gasteiger partial charge in [0.1, 0.15) is 17.5 Å². The molecule has 0 aromatic carbocycles. The molecule has 1 aromatic rings. The van der Waals surface area contributed by atoms with E-state index < -0.39 is 0 Å². The molecule has 1 fully saturated rings. The first-order valence-electron chi connectivity index (χ1n) is 7.08. The minimum absolute atomic E-state index is 0.160. The lowest BCUT2D eigenvalue weighted by molar-refractivity contribution is 0.143. The molecule has 0 radical (unpaired) electrons. The average molecular weight is 264 g/mol. The van der Waals surface area contributed by atoms with Gasteiger partial charge in [-0.3, -0.25) is 0 Å². The molecular weight excluding hydrogens is 240 g/mol. The van der Waals surface area contributed by atoms with E-state index in [0.29, 0.717) is 0 Å². The normalized spacial score (nSPS) is 16.8. The molecule has 0 aliphatic heterocycles. The van der Waals surface area contributed by atoms with Crippen LogP contribution in [0.4, 0.5) is 11.6 Å². The van der Waals surface area contributed by atoms with Gasteiger partial charge in [0, 0.05) is 12.1 Å². The second-order valence-corrected chi connectivity index (χ2v) is 5.44. The highest BCUT2D eigenvalue weighted by Gasteiger charge is 2.37. The van der Waals surface area contributed by atoms with Crippen molar-refractivity contribution in [2.75, 3.05) is 23.8 Å². The summed E-state index contributed by atoms with van der Waals surface area (Å²) in [6, 6.07) is 0. The molecular formula is C14H24N4O. The highest BCUT2D eigenvalue weighted by Crippen LogP contribution is 2.35. The van der Waals surface area contributed by atoms with Crippen LogP contribution in [0.1, 0.15) is 44.0 Å². The Balaban J connectivity index is 2.22. The first kappa shape index (κ1) is 14.1. The third kappa shape index (κ3) is 2.97. The summed E-state index contributed by atoms with van der Waals surface area (Å²) in [5, 5.41) is 16.3. The molecule has 1 aromatic heterocycles. The number of rotatable bonds is 6. The lowest BCUT2D eigenvalue weighted by Gasteiger charge is -2.41. The van der Waals surface area contributed by atoms with Crippen LogP contribution in [0.15, 0.2) is 0 Å². The number of aliphatic hydroxyl groups is 1. The van der Waals surface area contributed by atoms with Gasteiger partial charge in [-0.05, 0) is 39.5 Å². The Hall–Kier alpha value is -1.36. The maximum atomic E-state index is 9.55. The van der Waals surface area contributed by atoms with E-state index in [4.69, 9.17) is 0 Å². The Kier molecular flexibility index (Phi) is 4.24. The zero-order valence-corrected chi connectivity index (χ0v) is 12.1. The zero-order chi connectivity index (χ0) is 13.9. The van der Waals surface area contributed by atoms with Crippen molar-refractivity contribution in [1.29, 1.82) is 0 Å². The number of aryl methyl sites for hydroxylation is 1. The second kappa shape index (κ2) is 5.74. The lowest BCUT2D eigenvalue weighted by atomic mass is 9.77. The first-order valence-corrected chi connectivity index (χ1v) is 7.08. The van der Waals surface area contributed by atoms with E-state index in [9.17, 15) is 5.11 Å². The van der Waals surface area contributed by atoms with E-state index >= 15 is 0 Å². The van der Waals surface area contributed by atoms with Crippen molar-refractivity contribution in [3.05, 3.63) is 11.4 Å². The van der Waals surface area contributed by atoms with Crippen molar-refractivity contribution in [3.8, 4) is 0 Å². The quantitative estimate of drug-likeness (QED) is 0.735. The topological polar surface area (TPSA) is 70.1 Å². The fraction of sp³-hybridized carbons (Fsp3) is 0.714. The minimum Gasteiger partial charge on any atom is -0.394 e. The molecule has 0 unspecified atom stereocenters. The van der Waals surface area contributed by atoms with Crippen LogP contribution in [-0.4, -0.2) is 33.8 Å². The van der Waals surface area contributed by atoms with Crippen LogP contribution >= 0.6 is 0 Å². The molecule has 1 saturated carbocycles. The van der Waals surface area contributed by atoms with Gasteiger partial charge in [-0.1, -0.05) is 6.92 Å². The van der Waals surface area contributed by atoms with Gasteiger partial charge < -0.3 is 15.7 Å². The minimum atomic E-state index is -0.173. The summed E-state index contributed by atoms with van der Waals surface area (Å²) in [5.74, 6) is 2.49. The maximum absolute atomic E-state index is 9.55. The van der Waals surface area contributed by atoms with Crippen molar-refractivity contribution >= 4 is 11.6 Å². The summed E-state index contributed by atoms with van der Waals surface area (Å²) in [4.78, 5) is 8.93. The highest BCUT2D eigenvalue weighted by atomic mass is 16.3. The van der Waals surface area contributed by atoms with Crippen molar-refractivity contribution in [3.63, 3.8) is 0 Å². The summed E-state index contributed by atoms with van der Waals surface area (Å²) in [6.45, 7) is 7.11. The molecule has 1 heterocycles. The van der Waals surface area contributed by atoms with Crippen LogP contribution in [0.25, 0.3) is 0 Å². The molecule has 5 nitrogen and oxygen atoms in total. The number of nitrogens with zero attached hydrogens (tertiary/aromatic N) is 2. The van der Waals surface area contributed by atoms with Crippen molar-refractivity contribution in [1.82, 2.24) is 9.97 Å². The van der Waals surface area contributed by atoms with E-state index in [1.807, 2.05) is 13.8 Å². The Labute approximate surface area is 114 Å². The number of hydrogen-bond acceptors (Lipinski definition) is 5. The molecule has 0 amide bonds. The Bertz CT molecular complexity index is 438. The predicted octanol–water partition coefficient (Wildman–Crippen LogP) is 2.24. The van der Waals surface area contributed by atoms with Crippen LogP contribution in [0.2, 0.25) is 0 Å². The molecule has 5 heteroatoms.